The van der Waals surface area contributed by atoms with Crippen LogP contribution in [-0.2, 0) is 10.9 Å². The first-order chi connectivity index (χ1) is 20.5. The topological polar surface area (TPSA) is 107 Å². The number of hydrogen-bond donors (Lipinski definition) is 2. The Balaban J connectivity index is 1.51. The van der Waals surface area contributed by atoms with Gasteiger partial charge in [0.1, 0.15) is 5.82 Å². The van der Waals surface area contributed by atoms with Crippen LogP contribution in [0.2, 0.25) is 0 Å². The number of hydrogen-bond acceptors (Lipinski definition) is 8. The van der Waals surface area contributed by atoms with E-state index < -0.39 is 34.6 Å². The number of amides is 1. The van der Waals surface area contributed by atoms with Crippen LogP contribution in [0.4, 0.5) is 34.9 Å². The van der Waals surface area contributed by atoms with E-state index in [9.17, 15) is 22.8 Å². The molecule has 3 aromatic rings. The van der Waals surface area contributed by atoms with E-state index >= 15 is 4.39 Å². The maximum atomic E-state index is 15.7. The highest BCUT2D eigenvalue weighted by Gasteiger charge is 2.36. The number of likely N-dealkylation sites (N-methyl/N-ethyl adjacent to an activating group) is 1. The smallest absolute Gasteiger partial charge is 0.378 e. The minimum atomic E-state index is -4.94. The molecule has 5 rings (SSSR count). The molecule has 10 nitrogen and oxygen atoms in total. The van der Waals surface area contributed by atoms with Crippen molar-refractivity contribution >= 4 is 23.2 Å². The molecular formula is C29H33F4N7O3. The molecule has 2 aromatic heterocycles. The number of morpholine rings is 1. The molecule has 0 radical (unpaired) electrons. The zero-order valence-electron chi connectivity index (χ0n) is 23.9. The molecule has 2 N–H and O–H groups in total. The number of nitrogens with one attached hydrogen (secondary N) is 2. The Morgan fingerprint density at radius 3 is 2.53 bits per heavy atom. The lowest BCUT2D eigenvalue weighted by Gasteiger charge is -2.27. The highest BCUT2D eigenvalue weighted by Crippen LogP contribution is 2.37. The van der Waals surface area contributed by atoms with Crippen LogP contribution >= 0.6 is 0 Å². The van der Waals surface area contributed by atoms with Crippen molar-refractivity contribution in [1.29, 1.82) is 0 Å². The van der Waals surface area contributed by atoms with E-state index in [1.165, 1.54) is 24.5 Å². The number of H-pyrrole nitrogens is 1. The van der Waals surface area contributed by atoms with Crippen molar-refractivity contribution in [1.82, 2.24) is 19.9 Å². The summed E-state index contributed by atoms with van der Waals surface area (Å²) in [5.74, 6) is -1.23. The molecule has 0 saturated carbocycles. The molecule has 230 valence electrons. The summed E-state index contributed by atoms with van der Waals surface area (Å²) in [6.45, 7) is 6.38. The van der Waals surface area contributed by atoms with Gasteiger partial charge in [-0.1, -0.05) is 6.92 Å². The number of anilines is 3. The molecule has 4 heterocycles. The first kappa shape index (κ1) is 30.4. The van der Waals surface area contributed by atoms with E-state index in [1.807, 2.05) is 16.8 Å². The maximum Gasteiger partial charge on any atom is 0.417 e. The van der Waals surface area contributed by atoms with Gasteiger partial charge in [-0.15, -0.1) is 0 Å². The number of aromatic amines is 1. The first-order valence-corrected chi connectivity index (χ1v) is 14.1. The van der Waals surface area contributed by atoms with Crippen LogP contribution in [-0.4, -0.2) is 84.8 Å². The second kappa shape index (κ2) is 12.7. The fraction of sp³-hybridized carbons (Fsp3) is 0.448. The Hall–Kier alpha value is -4.04. The van der Waals surface area contributed by atoms with Crippen LogP contribution in [0.15, 0.2) is 41.6 Å². The fourth-order valence-corrected chi connectivity index (χ4v) is 5.47. The number of ether oxygens (including phenoxy) is 1. The van der Waals surface area contributed by atoms with Crippen LogP contribution < -0.4 is 20.7 Å². The van der Waals surface area contributed by atoms with E-state index in [4.69, 9.17) is 4.74 Å². The average molecular weight is 604 g/mol. The number of aromatic nitrogens is 3. The van der Waals surface area contributed by atoms with Gasteiger partial charge in [0.2, 0.25) is 11.5 Å². The van der Waals surface area contributed by atoms with Gasteiger partial charge in [0.25, 0.3) is 5.91 Å². The number of carbonyl (C=O) groups excluding carboxylic acids is 1. The van der Waals surface area contributed by atoms with Gasteiger partial charge in [-0.05, 0) is 38.6 Å². The minimum Gasteiger partial charge on any atom is -0.378 e. The summed E-state index contributed by atoms with van der Waals surface area (Å²) < 4.78 is 62.2. The third-order valence-corrected chi connectivity index (χ3v) is 7.75. The monoisotopic (exact) mass is 603 g/mol. The van der Waals surface area contributed by atoms with Gasteiger partial charge in [-0.2, -0.15) is 13.2 Å². The standard InChI is InChI=1S/C29H33F4N7O3/c1-3-5-38(2)19-4-6-40(17-19)25-13-23(30)20(18-14-35-28(36-15-18)39-7-9-43-10-8-39)11-24(25)37-27(42)21-16-34-26(41)12-22(21)29(31,32)33/h11-16,19H,3-10,17H2,1-2H3,(H,34,41)(H,37,42). The van der Waals surface area contributed by atoms with Gasteiger partial charge in [-0.25, -0.2) is 14.4 Å². The molecule has 0 spiro atoms. The molecule has 1 aromatic carbocycles. The van der Waals surface area contributed by atoms with Crippen molar-refractivity contribution in [2.24, 2.45) is 0 Å². The van der Waals surface area contributed by atoms with E-state index in [0.29, 0.717) is 62.7 Å². The summed E-state index contributed by atoms with van der Waals surface area (Å²) in [6, 6.07) is 3.19. The van der Waals surface area contributed by atoms with Crippen molar-refractivity contribution < 1.29 is 27.1 Å². The normalized spacial score (nSPS) is 17.5. The van der Waals surface area contributed by atoms with E-state index in [1.54, 1.807) is 0 Å². The molecule has 0 aliphatic carbocycles. The Morgan fingerprint density at radius 2 is 1.86 bits per heavy atom. The molecule has 1 unspecified atom stereocenters. The average Bonchev–Trinajstić information content (AvgIpc) is 3.48. The molecule has 1 amide bonds. The third kappa shape index (κ3) is 6.80. The fourth-order valence-electron chi connectivity index (χ4n) is 5.47. The summed E-state index contributed by atoms with van der Waals surface area (Å²) >= 11 is 0. The zero-order valence-corrected chi connectivity index (χ0v) is 23.9. The molecular weight excluding hydrogens is 570 g/mol. The van der Waals surface area contributed by atoms with Gasteiger partial charge in [0, 0.05) is 68.0 Å². The maximum absolute atomic E-state index is 15.7. The summed E-state index contributed by atoms with van der Waals surface area (Å²) in [7, 11) is 2.01. The van der Waals surface area contributed by atoms with Crippen molar-refractivity contribution in [3.8, 4) is 11.1 Å². The van der Waals surface area contributed by atoms with E-state index in [0.717, 1.165) is 25.6 Å². The van der Waals surface area contributed by atoms with Gasteiger partial charge < -0.3 is 29.7 Å². The lowest BCUT2D eigenvalue weighted by Crippen LogP contribution is -2.37. The number of nitrogens with zero attached hydrogens (tertiary/aromatic N) is 5. The van der Waals surface area contributed by atoms with Crippen LogP contribution in [0.25, 0.3) is 11.1 Å². The van der Waals surface area contributed by atoms with Gasteiger partial charge in [0.05, 0.1) is 35.7 Å². The zero-order chi connectivity index (χ0) is 30.7. The summed E-state index contributed by atoms with van der Waals surface area (Å²) in [4.78, 5) is 41.9. The molecule has 2 saturated heterocycles. The van der Waals surface area contributed by atoms with E-state index in [-0.39, 0.29) is 17.3 Å². The van der Waals surface area contributed by atoms with Crippen molar-refractivity contribution in [2.75, 3.05) is 68.1 Å². The molecule has 1 atom stereocenters. The van der Waals surface area contributed by atoms with Crippen LogP contribution in [0.1, 0.15) is 35.7 Å². The quantitative estimate of drug-likeness (QED) is 0.373. The molecule has 2 fully saturated rings. The Kier molecular flexibility index (Phi) is 8.97. The highest BCUT2D eigenvalue weighted by molar-refractivity contribution is 6.07. The lowest BCUT2D eigenvalue weighted by atomic mass is 10.0. The van der Waals surface area contributed by atoms with Crippen LogP contribution in [0.5, 0.6) is 0 Å². The van der Waals surface area contributed by atoms with Crippen LogP contribution in [0, 0.1) is 5.82 Å². The van der Waals surface area contributed by atoms with Gasteiger partial charge >= 0.3 is 6.18 Å². The second-order valence-corrected chi connectivity index (χ2v) is 10.7. The number of halogens is 4. The Bertz CT molecular complexity index is 1510. The minimum absolute atomic E-state index is 0.0731. The third-order valence-electron chi connectivity index (χ3n) is 7.75. The van der Waals surface area contributed by atoms with Crippen LogP contribution in [0.3, 0.4) is 0 Å². The van der Waals surface area contributed by atoms with E-state index in [2.05, 4.69) is 32.1 Å². The van der Waals surface area contributed by atoms with Gasteiger partial charge in [-0.3, -0.25) is 9.59 Å². The van der Waals surface area contributed by atoms with Crippen molar-refractivity contribution in [2.45, 2.75) is 32.0 Å². The molecule has 2 aliphatic heterocycles. The lowest BCUT2D eigenvalue weighted by molar-refractivity contribution is -0.138. The largest absolute Gasteiger partial charge is 0.417 e. The molecule has 43 heavy (non-hydrogen) atoms. The number of rotatable bonds is 8. The number of benzene rings is 1. The number of alkyl halides is 3. The summed E-state index contributed by atoms with van der Waals surface area (Å²) in [6.07, 6.45) is 0.484. The Morgan fingerprint density at radius 1 is 1.14 bits per heavy atom. The van der Waals surface area contributed by atoms with Crippen molar-refractivity contribution in [3.63, 3.8) is 0 Å². The summed E-state index contributed by atoms with van der Waals surface area (Å²) in [5.41, 5.74) is -2.25. The predicted octanol–water partition coefficient (Wildman–Crippen LogP) is 4.00. The summed E-state index contributed by atoms with van der Waals surface area (Å²) in [5, 5.41) is 2.56. The number of pyridine rings is 1. The number of carbonyl (C=O) groups is 1. The molecule has 2 aliphatic rings. The second-order valence-electron chi connectivity index (χ2n) is 10.7. The first-order valence-electron chi connectivity index (χ1n) is 14.1. The molecule has 14 heteroatoms. The predicted molar refractivity (Wildman–Crippen MR) is 154 cm³/mol. The van der Waals surface area contributed by atoms with Gasteiger partial charge in [0.15, 0.2) is 0 Å². The SMILES string of the molecule is CCCN(C)C1CCN(c2cc(F)c(-c3cnc(N4CCOCC4)nc3)cc2NC(=O)c2c[nH]c(=O)cc2C(F)(F)F)C1. The van der Waals surface area contributed by atoms with Crippen molar-refractivity contribution in [3.05, 3.63) is 64.1 Å². The molecule has 0 bridgehead atoms. The highest BCUT2D eigenvalue weighted by atomic mass is 19.4. The Labute approximate surface area is 245 Å².